The molecule has 3 heteroatoms. The zero-order valence-electron chi connectivity index (χ0n) is 12.7. The number of hydrogen-bond acceptors (Lipinski definition) is 2. The lowest BCUT2D eigenvalue weighted by Crippen LogP contribution is -2.36. The molecule has 1 saturated carbocycles. The Morgan fingerprint density at radius 3 is 2.10 bits per heavy atom. The van der Waals surface area contributed by atoms with Crippen molar-refractivity contribution in [2.45, 2.75) is 58.3 Å². The Labute approximate surface area is 126 Å². The van der Waals surface area contributed by atoms with E-state index in [1.54, 1.807) is 0 Å². The minimum atomic E-state index is -0.738. The van der Waals surface area contributed by atoms with Crippen LogP contribution in [-0.2, 0) is 22.4 Å². The average molecular weight is 288 g/mol. The fourth-order valence-corrected chi connectivity index (χ4v) is 3.12. The topological polar surface area (TPSA) is 54.4 Å². The molecule has 0 aromatic heterocycles. The van der Waals surface area contributed by atoms with Crippen molar-refractivity contribution in [2.24, 2.45) is 5.41 Å². The van der Waals surface area contributed by atoms with E-state index in [2.05, 4.69) is 31.2 Å². The maximum atomic E-state index is 11.6. The minimum absolute atomic E-state index is 0.204. The fraction of sp³-hybridized carbons (Fsp3) is 0.556. The van der Waals surface area contributed by atoms with Crippen LogP contribution in [0.4, 0.5) is 0 Å². The molecule has 21 heavy (non-hydrogen) atoms. The predicted molar refractivity (Wildman–Crippen MR) is 82.3 cm³/mol. The van der Waals surface area contributed by atoms with Crippen LogP contribution in [-0.4, -0.2) is 16.9 Å². The van der Waals surface area contributed by atoms with Gasteiger partial charge in [-0.15, -0.1) is 0 Å². The Hall–Kier alpha value is -1.64. The molecule has 1 aliphatic rings. The Morgan fingerprint density at radius 1 is 1.10 bits per heavy atom. The molecule has 3 nitrogen and oxygen atoms in total. The molecule has 1 aliphatic carbocycles. The number of aryl methyl sites for hydroxylation is 2. The van der Waals surface area contributed by atoms with E-state index >= 15 is 0 Å². The van der Waals surface area contributed by atoms with Crippen molar-refractivity contribution in [3.05, 3.63) is 35.4 Å². The summed E-state index contributed by atoms with van der Waals surface area (Å²) in [7, 11) is 0. The molecule has 0 bridgehead atoms. The summed E-state index contributed by atoms with van der Waals surface area (Å²) in [5.74, 6) is -0.534. The van der Waals surface area contributed by atoms with Gasteiger partial charge >= 0.3 is 5.97 Å². The number of carbonyl (C=O) groups is 2. The van der Waals surface area contributed by atoms with Gasteiger partial charge in [-0.3, -0.25) is 9.59 Å². The minimum Gasteiger partial charge on any atom is -0.481 e. The lowest BCUT2D eigenvalue weighted by Gasteiger charge is -2.32. The molecule has 0 aliphatic heterocycles. The largest absolute Gasteiger partial charge is 0.481 e. The number of carbonyl (C=O) groups excluding carboxylic acids is 1. The third-order valence-corrected chi connectivity index (χ3v) is 4.67. The van der Waals surface area contributed by atoms with Crippen LogP contribution >= 0.6 is 0 Å². The summed E-state index contributed by atoms with van der Waals surface area (Å²) >= 11 is 0. The van der Waals surface area contributed by atoms with Crippen molar-refractivity contribution in [2.75, 3.05) is 0 Å². The Balaban J connectivity index is 1.98. The highest BCUT2D eigenvalue weighted by atomic mass is 16.4. The number of benzene rings is 1. The average Bonchev–Trinajstić information content (AvgIpc) is 2.48. The summed E-state index contributed by atoms with van der Waals surface area (Å²) in [4.78, 5) is 23.0. The number of hydrogen-bond donors (Lipinski definition) is 1. The molecule has 2 rings (SSSR count). The molecule has 1 N–H and O–H groups in total. The third-order valence-electron chi connectivity index (χ3n) is 4.67. The highest BCUT2D eigenvalue weighted by molar-refractivity contribution is 5.83. The highest BCUT2D eigenvalue weighted by Crippen LogP contribution is 2.39. The van der Waals surface area contributed by atoms with E-state index in [4.69, 9.17) is 0 Å². The van der Waals surface area contributed by atoms with Crippen molar-refractivity contribution in [3.63, 3.8) is 0 Å². The van der Waals surface area contributed by atoms with E-state index in [9.17, 15) is 14.7 Å². The monoisotopic (exact) mass is 288 g/mol. The van der Waals surface area contributed by atoms with Crippen molar-refractivity contribution in [1.29, 1.82) is 0 Å². The van der Waals surface area contributed by atoms with Gasteiger partial charge in [-0.25, -0.2) is 0 Å². The first kappa shape index (κ1) is 15.7. The van der Waals surface area contributed by atoms with Crippen LogP contribution in [0.5, 0.6) is 0 Å². The van der Waals surface area contributed by atoms with Crippen LogP contribution in [0.25, 0.3) is 0 Å². The maximum Gasteiger partial charge on any atom is 0.309 e. The fourth-order valence-electron chi connectivity index (χ4n) is 3.12. The number of aliphatic carboxylic acids is 1. The molecular weight excluding hydrogens is 264 g/mol. The summed E-state index contributed by atoms with van der Waals surface area (Å²) in [6.07, 6.45) is 5.44. The smallest absolute Gasteiger partial charge is 0.309 e. The molecule has 0 unspecified atom stereocenters. The van der Waals surface area contributed by atoms with Crippen molar-refractivity contribution >= 4 is 11.8 Å². The molecule has 0 saturated heterocycles. The molecular formula is C18H24O3. The van der Waals surface area contributed by atoms with Gasteiger partial charge < -0.3 is 5.11 Å². The molecule has 114 valence electrons. The standard InChI is InChI=1S/C18H24O3/c1-2-3-14-4-6-15(7-5-14)8-11-18(17(20)21)12-9-16(19)10-13-18/h4-7H,2-3,8-13H2,1H3,(H,20,21). The van der Waals surface area contributed by atoms with Crippen molar-refractivity contribution in [1.82, 2.24) is 0 Å². The zero-order valence-corrected chi connectivity index (χ0v) is 12.7. The Kier molecular flexibility index (Phi) is 5.16. The van der Waals surface area contributed by atoms with Crippen LogP contribution in [0.2, 0.25) is 0 Å². The number of ketones is 1. The molecule has 1 fully saturated rings. The first-order chi connectivity index (χ1) is 10.1. The molecule has 1 aromatic rings. The van der Waals surface area contributed by atoms with Crippen LogP contribution in [0.15, 0.2) is 24.3 Å². The van der Waals surface area contributed by atoms with E-state index in [-0.39, 0.29) is 5.78 Å². The normalized spacial score (nSPS) is 17.7. The lowest BCUT2D eigenvalue weighted by atomic mass is 9.70. The summed E-state index contributed by atoms with van der Waals surface area (Å²) in [6, 6.07) is 8.48. The van der Waals surface area contributed by atoms with Crippen LogP contribution in [0.1, 0.15) is 56.6 Å². The van der Waals surface area contributed by atoms with Gasteiger partial charge in [-0.2, -0.15) is 0 Å². The summed E-state index contributed by atoms with van der Waals surface area (Å²) < 4.78 is 0. The third kappa shape index (κ3) is 3.93. The second-order valence-electron chi connectivity index (χ2n) is 6.19. The molecule has 0 atom stereocenters. The van der Waals surface area contributed by atoms with Gasteiger partial charge in [0, 0.05) is 12.8 Å². The van der Waals surface area contributed by atoms with E-state index in [1.807, 2.05) is 0 Å². The highest BCUT2D eigenvalue weighted by Gasteiger charge is 2.41. The first-order valence-corrected chi connectivity index (χ1v) is 7.89. The summed E-state index contributed by atoms with van der Waals surface area (Å²) in [5, 5.41) is 9.56. The van der Waals surface area contributed by atoms with E-state index < -0.39 is 11.4 Å². The summed E-state index contributed by atoms with van der Waals surface area (Å²) in [5.41, 5.74) is 1.82. The van der Waals surface area contributed by atoms with Gasteiger partial charge in [-0.05, 0) is 43.2 Å². The molecule has 0 radical (unpaired) electrons. The Bertz CT molecular complexity index is 492. The number of rotatable bonds is 6. The van der Waals surface area contributed by atoms with E-state index in [1.165, 1.54) is 11.1 Å². The first-order valence-electron chi connectivity index (χ1n) is 7.89. The Morgan fingerprint density at radius 2 is 1.62 bits per heavy atom. The molecule has 0 heterocycles. The van der Waals surface area contributed by atoms with Gasteiger partial charge in [-0.1, -0.05) is 37.6 Å². The van der Waals surface area contributed by atoms with Gasteiger partial charge in [0.25, 0.3) is 0 Å². The van der Waals surface area contributed by atoms with Crippen molar-refractivity contribution in [3.8, 4) is 0 Å². The van der Waals surface area contributed by atoms with Gasteiger partial charge in [0.05, 0.1) is 5.41 Å². The predicted octanol–water partition coefficient (Wildman–Crippen LogP) is 3.79. The van der Waals surface area contributed by atoms with Crippen LogP contribution in [0.3, 0.4) is 0 Å². The van der Waals surface area contributed by atoms with E-state index in [0.29, 0.717) is 32.1 Å². The maximum absolute atomic E-state index is 11.6. The molecule has 0 amide bonds. The van der Waals surface area contributed by atoms with E-state index in [0.717, 1.165) is 19.3 Å². The van der Waals surface area contributed by atoms with Crippen LogP contribution < -0.4 is 0 Å². The molecule has 1 aromatic carbocycles. The van der Waals surface area contributed by atoms with Crippen molar-refractivity contribution < 1.29 is 14.7 Å². The zero-order chi connectivity index (χ0) is 15.3. The second-order valence-corrected chi connectivity index (χ2v) is 6.19. The van der Waals surface area contributed by atoms with Crippen LogP contribution in [0, 0.1) is 5.41 Å². The van der Waals surface area contributed by atoms with Gasteiger partial charge in [0.2, 0.25) is 0 Å². The SMILES string of the molecule is CCCc1ccc(CCC2(C(=O)O)CCC(=O)CC2)cc1. The number of carboxylic acids is 1. The number of carboxylic acid groups (broad SMARTS) is 1. The van der Waals surface area contributed by atoms with Gasteiger partial charge in [0.1, 0.15) is 5.78 Å². The summed E-state index contributed by atoms with van der Waals surface area (Å²) in [6.45, 7) is 2.16. The molecule has 0 spiro atoms. The quantitative estimate of drug-likeness (QED) is 0.866. The second kappa shape index (κ2) is 6.88. The lowest BCUT2D eigenvalue weighted by molar-refractivity contribution is -0.152. The number of Topliss-reactive ketones (excluding diaryl/α,β-unsaturated/α-hetero) is 1. The van der Waals surface area contributed by atoms with Gasteiger partial charge in [0.15, 0.2) is 0 Å².